The predicted molar refractivity (Wildman–Crippen MR) is 93.4 cm³/mol. The van der Waals surface area contributed by atoms with Crippen LogP contribution in [-0.2, 0) is 14.3 Å². The van der Waals surface area contributed by atoms with Gasteiger partial charge in [-0.25, -0.2) is 0 Å². The van der Waals surface area contributed by atoms with Crippen molar-refractivity contribution >= 4 is 11.9 Å². The second-order valence-corrected chi connectivity index (χ2v) is 6.38. The van der Waals surface area contributed by atoms with Crippen molar-refractivity contribution in [3.63, 3.8) is 0 Å². The maximum Gasteiger partial charge on any atom is 0.309 e. The number of carbonyl (C=O) groups is 2. The molecule has 0 saturated carbocycles. The third-order valence-electron chi connectivity index (χ3n) is 4.73. The van der Waals surface area contributed by atoms with Crippen LogP contribution in [0.25, 0.3) is 0 Å². The lowest BCUT2D eigenvalue weighted by molar-refractivity contribution is -0.149. The minimum atomic E-state index is -0.195. The number of esters is 1. The molecule has 1 amide bonds. The van der Waals surface area contributed by atoms with Crippen molar-refractivity contribution in [1.82, 2.24) is 10.2 Å². The number of ether oxygens (including phenoxy) is 1. The molecule has 0 spiro atoms. The standard InChI is InChI=1S/C19H28N2O3/c1-4-24-19(23)17-10-12-21(13-11-17)15(3)18(22)20-14(2)16-8-6-5-7-9-16/h5-9,14-15,17H,4,10-13H2,1-3H3,(H,20,22). The fourth-order valence-corrected chi connectivity index (χ4v) is 3.11. The minimum Gasteiger partial charge on any atom is -0.466 e. The van der Waals surface area contributed by atoms with E-state index in [4.69, 9.17) is 4.74 Å². The summed E-state index contributed by atoms with van der Waals surface area (Å²) in [6.07, 6.45) is 1.51. The number of hydrogen-bond acceptors (Lipinski definition) is 4. The number of nitrogens with one attached hydrogen (secondary N) is 1. The van der Waals surface area contributed by atoms with E-state index in [1.807, 2.05) is 51.1 Å². The van der Waals surface area contributed by atoms with Crippen molar-refractivity contribution in [2.75, 3.05) is 19.7 Å². The number of amides is 1. The van der Waals surface area contributed by atoms with Crippen LogP contribution in [0.4, 0.5) is 0 Å². The van der Waals surface area contributed by atoms with Crippen molar-refractivity contribution in [2.24, 2.45) is 5.92 Å². The minimum absolute atomic E-state index is 0.0155. The maximum atomic E-state index is 12.5. The number of piperidine rings is 1. The van der Waals surface area contributed by atoms with Crippen molar-refractivity contribution < 1.29 is 14.3 Å². The molecule has 24 heavy (non-hydrogen) atoms. The lowest BCUT2D eigenvalue weighted by Gasteiger charge is -2.34. The van der Waals surface area contributed by atoms with Crippen LogP contribution in [0.2, 0.25) is 0 Å². The molecule has 1 aliphatic heterocycles. The van der Waals surface area contributed by atoms with Crippen molar-refractivity contribution in [2.45, 2.75) is 45.7 Å². The van der Waals surface area contributed by atoms with E-state index in [1.54, 1.807) is 0 Å². The fourth-order valence-electron chi connectivity index (χ4n) is 3.11. The molecular weight excluding hydrogens is 304 g/mol. The van der Waals surface area contributed by atoms with Crippen LogP contribution < -0.4 is 5.32 Å². The zero-order chi connectivity index (χ0) is 17.5. The zero-order valence-electron chi connectivity index (χ0n) is 14.8. The van der Waals surface area contributed by atoms with Gasteiger partial charge in [-0.1, -0.05) is 30.3 Å². The second kappa shape index (κ2) is 8.83. The molecule has 1 heterocycles. The molecule has 5 nitrogen and oxygen atoms in total. The number of rotatable bonds is 6. The average molecular weight is 332 g/mol. The molecule has 132 valence electrons. The highest BCUT2D eigenvalue weighted by molar-refractivity contribution is 5.81. The summed E-state index contributed by atoms with van der Waals surface area (Å²) in [6, 6.07) is 9.73. The molecular formula is C19H28N2O3. The number of nitrogens with zero attached hydrogens (tertiary/aromatic N) is 1. The molecule has 1 aromatic carbocycles. The molecule has 0 aliphatic carbocycles. The van der Waals surface area contributed by atoms with Crippen LogP contribution in [-0.4, -0.2) is 42.5 Å². The van der Waals surface area contributed by atoms with E-state index in [1.165, 1.54) is 0 Å². The van der Waals surface area contributed by atoms with Crippen LogP contribution >= 0.6 is 0 Å². The number of benzene rings is 1. The lowest BCUT2D eigenvalue weighted by Crippen LogP contribution is -2.49. The third-order valence-corrected chi connectivity index (χ3v) is 4.73. The van der Waals surface area contributed by atoms with Gasteiger partial charge in [-0.05, 0) is 52.3 Å². The Morgan fingerprint density at radius 1 is 1.21 bits per heavy atom. The van der Waals surface area contributed by atoms with Crippen molar-refractivity contribution in [1.29, 1.82) is 0 Å². The first-order chi connectivity index (χ1) is 11.5. The van der Waals surface area contributed by atoms with E-state index >= 15 is 0 Å². The highest BCUT2D eigenvalue weighted by Crippen LogP contribution is 2.21. The Morgan fingerprint density at radius 2 is 1.83 bits per heavy atom. The van der Waals surface area contributed by atoms with Gasteiger partial charge in [0.25, 0.3) is 0 Å². The Balaban J connectivity index is 1.83. The predicted octanol–water partition coefficient (Wildman–Crippen LogP) is 2.53. The van der Waals surface area contributed by atoms with Gasteiger partial charge in [-0.3, -0.25) is 14.5 Å². The van der Waals surface area contributed by atoms with Gasteiger partial charge in [-0.2, -0.15) is 0 Å². The number of carbonyl (C=O) groups excluding carboxylic acids is 2. The normalized spacial score (nSPS) is 18.6. The maximum absolute atomic E-state index is 12.5. The average Bonchev–Trinajstić information content (AvgIpc) is 2.62. The van der Waals surface area contributed by atoms with E-state index < -0.39 is 0 Å². The van der Waals surface area contributed by atoms with Crippen molar-refractivity contribution in [3.8, 4) is 0 Å². The van der Waals surface area contributed by atoms with Crippen LogP contribution in [0.3, 0.4) is 0 Å². The van der Waals surface area contributed by atoms with Gasteiger partial charge >= 0.3 is 5.97 Å². The number of likely N-dealkylation sites (tertiary alicyclic amines) is 1. The molecule has 0 aromatic heterocycles. The summed E-state index contributed by atoms with van der Waals surface area (Å²) in [5.74, 6) is -0.104. The summed E-state index contributed by atoms with van der Waals surface area (Å²) in [6.45, 7) is 7.67. The molecule has 0 radical (unpaired) electrons. The largest absolute Gasteiger partial charge is 0.466 e. The lowest BCUT2D eigenvalue weighted by atomic mass is 9.96. The van der Waals surface area contributed by atoms with Crippen LogP contribution in [0.1, 0.15) is 45.2 Å². The van der Waals surface area contributed by atoms with Gasteiger partial charge < -0.3 is 10.1 Å². The Morgan fingerprint density at radius 3 is 2.42 bits per heavy atom. The summed E-state index contributed by atoms with van der Waals surface area (Å²) in [5.41, 5.74) is 1.10. The second-order valence-electron chi connectivity index (χ2n) is 6.38. The van der Waals surface area contributed by atoms with Gasteiger partial charge in [0.1, 0.15) is 0 Å². The molecule has 1 N–H and O–H groups in total. The first-order valence-electron chi connectivity index (χ1n) is 8.79. The SMILES string of the molecule is CCOC(=O)C1CCN(C(C)C(=O)NC(C)c2ccccc2)CC1. The molecule has 1 saturated heterocycles. The summed E-state index contributed by atoms with van der Waals surface area (Å²) >= 11 is 0. The van der Waals surface area contributed by atoms with E-state index in [0.717, 1.165) is 31.5 Å². The van der Waals surface area contributed by atoms with Crippen LogP contribution in [0.15, 0.2) is 30.3 Å². The van der Waals surface area contributed by atoms with Gasteiger partial charge in [-0.15, -0.1) is 0 Å². The Bertz CT molecular complexity index is 539. The first kappa shape index (κ1) is 18.5. The molecule has 1 aromatic rings. The summed E-state index contributed by atoms with van der Waals surface area (Å²) in [5, 5.41) is 3.08. The fraction of sp³-hybridized carbons (Fsp3) is 0.579. The molecule has 2 rings (SSSR count). The Hall–Kier alpha value is -1.88. The van der Waals surface area contributed by atoms with E-state index in [2.05, 4.69) is 10.2 Å². The number of hydrogen-bond donors (Lipinski definition) is 1. The first-order valence-corrected chi connectivity index (χ1v) is 8.79. The van der Waals surface area contributed by atoms with Gasteiger partial charge in [0.05, 0.1) is 24.6 Å². The highest BCUT2D eigenvalue weighted by atomic mass is 16.5. The van der Waals surface area contributed by atoms with Gasteiger partial charge in [0.15, 0.2) is 0 Å². The monoisotopic (exact) mass is 332 g/mol. The molecule has 2 unspecified atom stereocenters. The Kier molecular flexibility index (Phi) is 6.79. The van der Waals surface area contributed by atoms with Gasteiger partial charge in [0.2, 0.25) is 5.91 Å². The van der Waals surface area contributed by atoms with Crippen LogP contribution in [0.5, 0.6) is 0 Å². The Labute approximate surface area is 144 Å². The smallest absolute Gasteiger partial charge is 0.309 e. The van der Waals surface area contributed by atoms with Gasteiger partial charge in [0, 0.05) is 0 Å². The third kappa shape index (κ3) is 4.81. The molecule has 1 aliphatic rings. The molecule has 0 bridgehead atoms. The van der Waals surface area contributed by atoms with E-state index in [0.29, 0.717) is 6.61 Å². The summed E-state index contributed by atoms with van der Waals surface area (Å²) in [7, 11) is 0. The zero-order valence-corrected chi connectivity index (χ0v) is 14.8. The molecule has 1 fully saturated rings. The van der Waals surface area contributed by atoms with Crippen LogP contribution in [0, 0.1) is 5.92 Å². The summed E-state index contributed by atoms with van der Waals surface area (Å²) < 4.78 is 5.09. The molecule has 5 heteroatoms. The van der Waals surface area contributed by atoms with E-state index in [-0.39, 0.29) is 29.9 Å². The topological polar surface area (TPSA) is 58.6 Å². The quantitative estimate of drug-likeness (QED) is 0.813. The highest BCUT2D eigenvalue weighted by Gasteiger charge is 2.30. The summed E-state index contributed by atoms with van der Waals surface area (Å²) in [4.78, 5) is 26.4. The van der Waals surface area contributed by atoms with Crippen molar-refractivity contribution in [3.05, 3.63) is 35.9 Å². The van der Waals surface area contributed by atoms with E-state index in [9.17, 15) is 9.59 Å². The molecule has 2 atom stereocenters.